The Balaban J connectivity index is 1.83. The number of carbonyl (C=O) groups excluding carboxylic acids is 2. The van der Waals surface area contributed by atoms with Crippen LogP contribution in [0.2, 0.25) is 5.02 Å². The fourth-order valence-electron chi connectivity index (χ4n) is 3.23. The van der Waals surface area contributed by atoms with Crippen LogP contribution in [0.15, 0.2) is 78.5 Å². The number of nitrogens with zero attached hydrogens (tertiary/aromatic N) is 1. The van der Waals surface area contributed by atoms with Crippen LogP contribution in [-0.2, 0) is 9.59 Å². The first-order chi connectivity index (χ1) is 14.5. The van der Waals surface area contributed by atoms with Crippen LogP contribution >= 0.6 is 11.6 Å². The van der Waals surface area contributed by atoms with Crippen molar-refractivity contribution in [3.63, 3.8) is 0 Å². The highest BCUT2D eigenvalue weighted by Gasteiger charge is 2.41. The van der Waals surface area contributed by atoms with Crippen molar-refractivity contribution in [1.82, 2.24) is 0 Å². The summed E-state index contributed by atoms with van der Waals surface area (Å²) in [5.41, 5.74) is 1.09. The third-order valence-corrected chi connectivity index (χ3v) is 4.90. The monoisotopic (exact) mass is 422 g/mol. The van der Waals surface area contributed by atoms with E-state index < -0.39 is 17.6 Å². The lowest BCUT2D eigenvalue weighted by atomic mass is 10.0. The van der Waals surface area contributed by atoms with Crippen molar-refractivity contribution < 1.29 is 18.7 Å². The van der Waals surface area contributed by atoms with E-state index in [2.05, 4.69) is 5.32 Å². The molecule has 1 aliphatic heterocycles. The molecule has 0 aliphatic carbocycles. The van der Waals surface area contributed by atoms with Gasteiger partial charge >= 0.3 is 0 Å². The molecule has 5 nitrogen and oxygen atoms in total. The van der Waals surface area contributed by atoms with Gasteiger partial charge in [0.1, 0.15) is 17.3 Å². The number of amides is 2. The molecule has 30 heavy (non-hydrogen) atoms. The summed E-state index contributed by atoms with van der Waals surface area (Å²) in [6.45, 7) is 0. The van der Waals surface area contributed by atoms with Crippen LogP contribution < -0.4 is 15.0 Å². The quantitative estimate of drug-likeness (QED) is 0.595. The molecule has 1 aliphatic rings. The Hall–Kier alpha value is -3.64. The van der Waals surface area contributed by atoms with Gasteiger partial charge in [0, 0.05) is 16.8 Å². The van der Waals surface area contributed by atoms with Gasteiger partial charge in [-0.15, -0.1) is 0 Å². The molecule has 1 N–H and O–H groups in total. The number of benzene rings is 3. The molecule has 4 rings (SSSR count). The van der Waals surface area contributed by atoms with E-state index in [1.807, 2.05) is 0 Å². The summed E-state index contributed by atoms with van der Waals surface area (Å²) >= 11 is 5.97. The molecular formula is C23H16ClFN2O3. The second-order valence-corrected chi connectivity index (χ2v) is 6.95. The molecule has 0 saturated carbocycles. The maximum atomic E-state index is 14.4. The van der Waals surface area contributed by atoms with Gasteiger partial charge in [-0.1, -0.05) is 41.9 Å². The average Bonchev–Trinajstić information content (AvgIpc) is 2.99. The minimum Gasteiger partial charge on any atom is -0.497 e. The molecule has 0 spiro atoms. The van der Waals surface area contributed by atoms with Gasteiger partial charge in [0.2, 0.25) is 0 Å². The number of carbonyl (C=O) groups is 2. The highest BCUT2D eigenvalue weighted by molar-refractivity contribution is 6.46. The van der Waals surface area contributed by atoms with Crippen molar-refractivity contribution in [2.24, 2.45) is 0 Å². The normalized spacial score (nSPS) is 13.8. The minimum absolute atomic E-state index is 0.0406. The zero-order valence-electron chi connectivity index (χ0n) is 15.9. The Bertz CT molecular complexity index is 1180. The molecule has 1 heterocycles. The summed E-state index contributed by atoms with van der Waals surface area (Å²) in [6, 6.07) is 19.1. The number of rotatable bonds is 5. The van der Waals surface area contributed by atoms with Crippen molar-refractivity contribution >= 4 is 40.4 Å². The van der Waals surface area contributed by atoms with Crippen LogP contribution in [0.25, 0.3) is 5.57 Å². The predicted molar refractivity (Wildman–Crippen MR) is 114 cm³/mol. The number of halogens is 2. The third-order valence-electron chi connectivity index (χ3n) is 4.65. The van der Waals surface area contributed by atoms with Gasteiger partial charge in [-0.2, -0.15) is 0 Å². The van der Waals surface area contributed by atoms with Crippen molar-refractivity contribution in [1.29, 1.82) is 0 Å². The molecule has 2 amide bonds. The van der Waals surface area contributed by atoms with E-state index in [1.165, 1.54) is 25.3 Å². The summed E-state index contributed by atoms with van der Waals surface area (Å²) in [6.07, 6.45) is 0. The summed E-state index contributed by atoms with van der Waals surface area (Å²) in [7, 11) is 1.53. The lowest BCUT2D eigenvalue weighted by Crippen LogP contribution is -2.33. The van der Waals surface area contributed by atoms with Gasteiger partial charge < -0.3 is 10.1 Å². The molecule has 3 aromatic carbocycles. The Morgan fingerprint density at radius 2 is 1.67 bits per heavy atom. The van der Waals surface area contributed by atoms with Crippen LogP contribution in [0.1, 0.15) is 5.56 Å². The molecule has 0 aromatic heterocycles. The third kappa shape index (κ3) is 3.53. The number of ether oxygens (including phenoxy) is 1. The summed E-state index contributed by atoms with van der Waals surface area (Å²) in [5.74, 6) is -1.37. The van der Waals surface area contributed by atoms with E-state index in [9.17, 15) is 14.0 Å². The van der Waals surface area contributed by atoms with Gasteiger partial charge in [-0.05, 0) is 42.0 Å². The number of methoxy groups -OCH3 is 1. The molecule has 0 bridgehead atoms. The first-order valence-corrected chi connectivity index (χ1v) is 9.42. The number of imide groups is 1. The first kappa shape index (κ1) is 19.7. The summed E-state index contributed by atoms with van der Waals surface area (Å²) in [4.78, 5) is 27.3. The van der Waals surface area contributed by atoms with E-state index in [-0.39, 0.29) is 17.0 Å². The molecule has 0 unspecified atom stereocenters. The lowest BCUT2D eigenvalue weighted by molar-refractivity contribution is -0.120. The van der Waals surface area contributed by atoms with Crippen LogP contribution in [0.3, 0.4) is 0 Å². The Kier molecular flexibility index (Phi) is 5.25. The largest absolute Gasteiger partial charge is 0.497 e. The lowest BCUT2D eigenvalue weighted by Gasteiger charge is -2.16. The second kappa shape index (κ2) is 8.00. The first-order valence-electron chi connectivity index (χ1n) is 9.04. The Morgan fingerprint density at radius 1 is 0.933 bits per heavy atom. The van der Waals surface area contributed by atoms with Crippen molar-refractivity contribution in [3.8, 4) is 5.75 Å². The highest BCUT2D eigenvalue weighted by Crippen LogP contribution is 2.35. The molecule has 0 atom stereocenters. The van der Waals surface area contributed by atoms with Gasteiger partial charge in [0.05, 0.1) is 18.4 Å². The van der Waals surface area contributed by atoms with Gasteiger partial charge in [-0.3, -0.25) is 9.59 Å². The Morgan fingerprint density at radius 3 is 2.37 bits per heavy atom. The van der Waals surface area contributed by atoms with Crippen LogP contribution in [0, 0.1) is 5.82 Å². The predicted octanol–water partition coefficient (Wildman–Crippen LogP) is 4.88. The fourth-order valence-corrected chi connectivity index (χ4v) is 3.35. The summed E-state index contributed by atoms with van der Waals surface area (Å²) in [5, 5.41) is 3.50. The average molecular weight is 423 g/mol. The number of hydrogen-bond donors (Lipinski definition) is 1. The van der Waals surface area contributed by atoms with E-state index in [4.69, 9.17) is 16.3 Å². The zero-order valence-corrected chi connectivity index (χ0v) is 16.6. The minimum atomic E-state index is -0.669. The van der Waals surface area contributed by atoms with Crippen molar-refractivity contribution in [2.45, 2.75) is 0 Å². The van der Waals surface area contributed by atoms with E-state index >= 15 is 0 Å². The SMILES string of the molecule is COc1cccc(NC2=C(c3ccc(Cl)cc3)C(=O)N(c3ccccc3F)C2=O)c1. The van der Waals surface area contributed by atoms with E-state index in [0.29, 0.717) is 22.0 Å². The fraction of sp³-hybridized carbons (Fsp3) is 0.0435. The number of anilines is 2. The topological polar surface area (TPSA) is 58.6 Å². The van der Waals surface area contributed by atoms with E-state index in [1.54, 1.807) is 54.6 Å². The maximum Gasteiger partial charge on any atom is 0.282 e. The maximum absolute atomic E-state index is 14.4. The summed E-state index contributed by atoms with van der Waals surface area (Å²) < 4.78 is 19.6. The standard InChI is InChI=1S/C23H16ClFN2O3/c1-30-17-6-4-5-16(13-17)26-21-20(14-9-11-15(24)12-10-14)22(28)27(23(21)29)19-8-3-2-7-18(19)25/h2-13,26H,1H3. The molecule has 3 aromatic rings. The van der Waals surface area contributed by atoms with Crippen molar-refractivity contribution in [3.05, 3.63) is 94.9 Å². The molecule has 0 radical (unpaired) electrons. The number of para-hydroxylation sites is 1. The molecule has 0 saturated heterocycles. The number of hydrogen-bond acceptors (Lipinski definition) is 4. The zero-order chi connectivity index (χ0) is 21.3. The smallest absolute Gasteiger partial charge is 0.282 e. The molecule has 7 heteroatoms. The van der Waals surface area contributed by atoms with Gasteiger partial charge in [-0.25, -0.2) is 9.29 Å². The number of nitrogens with one attached hydrogen (secondary N) is 1. The van der Waals surface area contributed by atoms with Crippen LogP contribution in [0.5, 0.6) is 5.75 Å². The highest BCUT2D eigenvalue weighted by atomic mass is 35.5. The second-order valence-electron chi connectivity index (χ2n) is 6.51. The Labute approximate surface area is 177 Å². The van der Waals surface area contributed by atoms with Crippen LogP contribution in [-0.4, -0.2) is 18.9 Å². The molecule has 0 fully saturated rings. The molecular weight excluding hydrogens is 407 g/mol. The van der Waals surface area contributed by atoms with E-state index in [0.717, 1.165) is 4.90 Å². The molecule has 150 valence electrons. The van der Waals surface area contributed by atoms with Gasteiger partial charge in [0.15, 0.2) is 0 Å². The van der Waals surface area contributed by atoms with Gasteiger partial charge in [0.25, 0.3) is 11.8 Å². The van der Waals surface area contributed by atoms with Crippen LogP contribution in [0.4, 0.5) is 15.8 Å². The van der Waals surface area contributed by atoms with Crippen molar-refractivity contribution in [2.75, 3.05) is 17.3 Å².